The molecule has 1 aromatic carbocycles. The number of carboxylic acids is 1. The highest BCUT2D eigenvalue weighted by Crippen LogP contribution is 2.35. The number of benzene rings is 1. The lowest BCUT2D eigenvalue weighted by molar-refractivity contribution is -0.129. The van der Waals surface area contributed by atoms with Gasteiger partial charge in [0.15, 0.2) is 5.13 Å². The lowest BCUT2D eigenvalue weighted by atomic mass is 10.0. The van der Waals surface area contributed by atoms with Gasteiger partial charge in [-0.25, -0.2) is 19.2 Å². The highest BCUT2D eigenvalue weighted by Gasteiger charge is 2.20. The number of carbonyl (C=O) groups is 2. The van der Waals surface area contributed by atoms with Gasteiger partial charge in [0, 0.05) is 10.9 Å². The molecule has 3 heterocycles. The van der Waals surface area contributed by atoms with Crippen molar-refractivity contribution in [2.75, 3.05) is 18.2 Å². The molecule has 0 unspecified atom stereocenters. The molecule has 0 saturated carbocycles. The van der Waals surface area contributed by atoms with Crippen molar-refractivity contribution < 1.29 is 23.9 Å². The Hall–Kier alpha value is -4.12. The van der Waals surface area contributed by atoms with Gasteiger partial charge in [0.05, 0.1) is 21.9 Å². The first-order valence-electron chi connectivity index (χ1n) is 10.4. The lowest BCUT2D eigenvalue weighted by Crippen LogP contribution is -2.17. The van der Waals surface area contributed by atoms with E-state index in [1.165, 1.54) is 36.0 Å². The second-order valence-corrected chi connectivity index (χ2v) is 9.90. The van der Waals surface area contributed by atoms with Gasteiger partial charge in [-0.2, -0.15) is 5.26 Å². The van der Waals surface area contributed by atoms with Gasteiger partial charge in [-0.3, -0.25) is 4.79 Å². The highest BCUT2D eigenvalue weighted by atomic mass is 32.2. The van der Waals surface area contributed by atoms with Gasteiger partial charge >= 0.3 is 5.97 Å². The zero-order valence-electron chi connectivity index (χ0n) is 19.0. The summed E-state index contributed by atoms with van der Waals surface area (Å²) in [5.41, 5.74) is 1.76. The summed E-state index contributed by atoms with van der Waals surface area (Å²) in [7, 11) is 1.22. The number of carbonyl (C=O) groups excluding carboxylic acids is 1. The quantitative estimate of drug-likeness (QED) is 0.166. The first kappa shape index (κ1) is 26.0. The minimum absolute atomic E-state index is 0.0447. The van der Waals surface area contributed by atoms with Crippen molar-refractivity contribution in [3.8, 4) is 27.8 Å². The van der Waals surface area contributed by atoms with Crippen LogP contribution >= 0.6 is 34.4 Å². The number of halogens is 1. The first-order chi connectivity index (χ1) is 17.9. The van der Waals surface area contributed by atoms with Crippen molar-refractivity contribution in [2.24, 2.45) is 5.16 Å². The van der Waals surface area contributed by atoms with Crippen LogP contribution in [-0.4, -0.2) is 45.5 Å². The minimum Gasteiger partial charge on any atom is -0.476 e. The number of oxime groups is 1. The van der Waals surface area contributed by atoms with Gasteiger partial charge in [0.2, 0.25) is 11.6 Å². The maximum Gasteiger partial charge on any atom is 0.360 e. The number of amides is 1. The highest BCUT2D eigenvalue weighted by molar-refractivity contribution is 8.00. The minimum atomic E-state index is -1.32. The number of thiazole rings is 1. The van der Waals surface area contributed by atoms with E-state index in [4.69, 9.17) is 0 Å². The summed E-state index contributed by atoms with van der Waals surface area (Å²) in [6, 6.07) is 13.5. The standard InChI is InChI=1S/C24H16FN5O4S3/c1-34-30-21(23(32)33)18-11-37-24(28-18)29-20(31)12-36-22-16(10-26)15(13-4-6-14(25)7-5-13)9-17(27-22)19-3-2-8-35-19/h2-9,11H,12H2,1H3,(H,32,33)(H,28,29,31). The molecule has 0 aliphatic heterocycles. The molecule has 9 nitrogen and oxygen atoms in total. The first-order valence-corrected chi connectivity index (χ1v) is 13.1. The summed E-state index contributed by atoms with van der Waals surface area (Å²) in [6.45, 7) is 0. The van der Waals surface area contributed by atoms with Gasteiger partial charge in [-0.05, 0) is 35.2 Å². The average Bonchev–Trinajstić information content (AvgIpc) is 3.58. The number of nitrogens with zero attached hydrogens (tertiary/aromatic N) is 4. The van der Waals surface area contributed by atoms with Crippen molar-refractivity contribution in [1.29, 1.82) is 5.26 Å². The van der Waals surface area contributed by atoms with Crippen LogP contribution < -0.4 is 5.32 Å². The van der Waals surface area contributed by atoms with E-state index in [9.17, 15) is 24.3 Å². The molecule has 0 fully saturated rings. The van der Waals surface area contributed by atoms with Crippen LogP contribution in [0, 0.1) is 17.1 Å². The maximum absolute atomic E-state index is 13.5. The molecular formula is C24H16FN5O4S3. The van der Waals surface area contributed by atoms with Crippen LogP contribution in [0.4, 0.5) is 9.52 Å². The monoisotopic (exact) mass is 553 g/mol. The van der Waals surface area contributed by atoms with E-state index in [0.29, 0.717) is 21.8 Å². The zero-order chi connectivity index (χ0) is 26.4. The van der Waals surface area contributed by atoms with Gasteiger partial charge in [-0.1, -0.05) is 35.1 Å². The zero-order valence-corrected chi connectivity index (χ0v) is 21.4. The number of hydrogen-bond acceptors (Lipinski definition) is 10. The van der Waals surface area contributed by atoms with Crippen molar-refractivity contribution >= 4 is 57.2 Å². The number of aliphatic carboxylic acids is 1. The Bertz CT molecular complexity index is 1510. The third kappa shape index (κ3) is 6.18. The number of thioether (sulfide) groups is 1. The van der Waals surface area contributed by atoms with E-state index >= 15 is 0 Å². The SMILES string of the molecule is CON=C(C(=O)O)c1csc(NC(=O)CSc2nc(-c3cccs3)cc(-c3ccc(F)cc3)c2C#N)n1. The fourth-order valence-electron chi connectivity index (χ4n) is 3.16. The molecule has 0 spiro atoms. The Morgan fingerprint density at radius 3 is 2.68 bits per heavy atom. The van der Waals surface area contributed by atoms with Crippen LogP contribution in [0.3, 0.4) is 0 Å². The number of hydrogen-bond donors (Lipinski definition) is 2. The Morgan fingerprint density at radius 2 is 2.03 bits per heavy atom. The largest absolute Gasteiger partial charge is 0.476 e. The van der Waals surface area contributed by atoms with Crippen LogP contribution in [0.1, 0.15) is 11.3 Å². The fraction of sp³-hybridized carbons (Fsp3) is 0.0833. The van der Waals surface area contributed by atoms with Crippen molar-refractivity contribution in [1.82, 2.24) is 9.97 Å². The molecule has 1 amide bonds. The smallest absolute Gasteiger partial charge is 0.360 e. The third-order valence-corrected chi connectivity index (χ3v) is 7.37. The molecule has 2 N–H and O–H groups in total. The third-order valence-electron chi connectivity index (χ3n) is 4.75. The summed E-state index contributed by atoms with van der Waals surface area (Å²) in [5.74, 6) is -2.23. The number of thiophene rings is 1. The number of aromatic nitrogens is 2. The van der Waals surface area contributed by atoms with Gasteiger partial charge < -0.3 is 15.3 Å². The van der Waals surface area contributed by atoms with E-state index in [0.717, 1.165) is 28.0 Å². The van der Waals surface area contributed by atoms with Crippen LogP contribution in [0.2, 0.25) is 0 Å². The molecule has 0 aliphatic carbocycles. The maximum atomic E-state index is 13.5. The van der Waals surface area contributed by atoms with Crippen molar-refractivity contribution in [2.45, 2.75) is 5.03 Å². The molecule has 0 saturated heterocycles. The molecule has 3 aromatic heterocycles. The Morgan fingerprint density at radius 1 is 1.24 bits per heavy atom. The predicted octanol–water partition coefficient (Wildman–Crippen LogP) is 5.11. The molecule has 37 heavy (non-hydrogen) atoms. The van der Waals surface area contributed by atoms with Crippen LogP contribution in [-0.2, 0) is 14.4 Å². The number of anilines is 1. The number of rotatable bonds is 9. The second-order valence-electron chi connectivity index (χ2n) is 7.13. The number of carboxylic acid groups (broad SMARTS) is 1. The van der Waals surface area contributed by atoms with E-state index in [1.54, 1.807) is 18.2 Å². The van der Waals surface area contributed by atoms with E-state index in [1.807, 2.05) is 17.5 Å². The summed E-state index contributed by atoms with van der Waals surface area (Å²) in [4.78, 5) is 38.1. The van der Waals surface area contributed by atoms with Gasteiger partial charge in [-0.15, -0.1) is 22.7 Å². The fourth-order valence-corrected chi connectivity index (χ4v) is 5.36. The molecule has 0 bridgehead atoms. The molecule has 0 radical (unpaired) electrons. The summed E-state index contributed by atoms with van der Waals surface area (Å²) in [5, 5.41) is 29.1. The van der Waals surface area contributed by atoms with Gasteiger partial charge in [0.25, 0.3) is 0 Å². The van der Waals surface area contributed by atoms with E-state index < -0.39 is 23.4 Å². The Balaban J connectivity index is 1.58. The number of pyridine rings is 1. The van der Waals surface area contributed by atoms with Crippen LogP contribution in [0.15, 0.2) is 63.4 Å². The summed E-state index contributed by atoms with van der Waals surface area (Å²) < 4.78 is 13.5. The molecular weight excluding hydrogens is 537 g/mol. The molecule has 186 valence electrons. The topological polar surface area (TPSA) is 138 Å². The van der Waals surface area contributed by atoms with Crippen LogP contribution in [0.25, 0.3) is 21.7 Å². The molecule has 4 rings (SSSR count). The normalized spacial score (nSPS) is 11.1. The molecule has 0 atom stereocenters. The molecule has 4 aromatic rings. The lowest BCUT2D eigenvalue weighted by Gasteiger charge is -2.12. The Kier molecular flexibility index (Phi) is 8.24. The van der Waals surface area contributed by atoms with E-state index in [-0.39, 0.29) is 22.1 Å². The predicted molar refractivity (Wildman–Crippen MR) is 140 cm³/mol. The Labute approximate surface area is 222 Å². The molecule has 13 heteroatoms. The average molecular weight is 554 g/mol. The number of nitrogens with one attached hydrogen (secondary N) is 1. The van der Waals surface area contributed by atoms with Crippen LogP contribution in [0.5, 0.6) is 0 Å². The van der Waals surface area contributed by atoms with Gasteiger partial charge in [0.1, 0.15) is 29.7 Å². The number of nitriles is 1. The summed E-state index contributed by atoms with van der Waals surface area (Å²) >= 11 is 3.58. The molecule has 0 aliphatic rings. The van der Waals surface area contributed by atoms with E-state index in [2.05, 4.69) is 31.3 Å². The van der Waals surface area contributed by atoms with Crippen molar-refractivity contribution in [3.05, 3.63) is 70.3 Å². The summed E-state index contributed by atoms with van der Waals surface area (Å²) in [6.07, 6.45) is 0. The second kappa shape index (κ2) is 11.7. The van der Waals surface area contributed by atoms with Crippen molar-refractivity contribution in [3.63, 3.8) is 0 Å².